The lowest BCUT2D eigenvalue weighted by Crippen LogP contribution is -2.18. The lowest BCUT2D eigenvalue weighted by atomic mass is 10.2. The van der Waals surface area contributed by atoms with Gasteiger partial charge in [-0.05, 0) is 54.6 Å². The number of ether oxygens (including phenoxy) is 1. The van der Waals surface area contributed by atoms with Crippen LogP contribution in [0.4, 0.5) is 0 Å². The minimum Gasteiger partial charge on any atom is -0.493 e. The molecule has 1 N–H and O–H groups in total. The Balaban J connectivity index is 0.00000176. The molecule has 0 saturated carbocycles. The number of nitrogens with one attached hydrogen (secondary N) is 1. The van der Waals surface area contributed by atoms with Gasteiger partial charge in [0.1, 0.15) is 11.5 Å². The number of likely N-dealkylation sites (N-methyl/N-ethyl adjacent to an activating group) is 1. The highest BCUT2D eigenvalue weighted by molar-refractivity contribution is 8.16. The highest BCUT2D eigenvalue weighted by Crippen LogP contribution is 2.22. The SMILES string of the molecule is CC.CNC(=O)/C(=C/c1ccc(OCCc2nc(-c3ccccc3)oc2C)cc1)SC=O. The molecule has 2 aromatic carbocycles. The summed E-state index contributed by atoms with van der Waals surface area (Å²) in [6, 6.07) is 17.1. The molecule has 0 spiro atoms. The van der Waals surface area contributed by atoms with Crippen LogP contribution in [-0.2, 0) is 16.0 Å². The Morgan fingerprint density at radius 1 is 1.12 bits per heavy atom. The second-order valence-electron chi connectivity index (χ2n) is 6.36. The van der Waals surface area contributed by atoms with E-state index in [1.165, 1.54) is 7.05 Å². The highest BCUT2D eigenvalue weighted by atomic mass is 32.2. The molecule has 3 rings (SSSR count). The van der Waals surface area contributed by atoms with E-state index in [0.29, 0.717) is 35.2 Å². The van der Waals surface area contributed by atoms with E-state index in [1.54, 1.807) is 6.08 Å². The van der Waals surface area contributed by atoms with Crippen molar-refractivity contribution in [1.29, 1.82) is 0 Å². The van der Waals surface area contributed by atoms with Crippen LogP contribution in [0, 0.1) is 6.92 Å². The summed E-state index contributed by atoms with van der Waals surface area (Å²) in [5.74, 6) is 1.80. The minimum absolute atomic E-state index is 0.301. The van der Waals surface area contributed by atoms with E-state index in [1.807, 2.05) is 75.4 Å². The van der Waals surface area contributed by atoms with Crippen molar-refractivity contribution in [3.63, 3.8) is 0 Å². The Morgan fingerprint density at radius 2 is 1.81 bits per heavy atom. The summed E-state index contributed by atoms with van der Waals surface area (Å²) in [4.78, 5) is 27.4. The number of carbonyl (C=O) groups is 2. The lowest BCUT2D eigenvalue weighted by Gasteiger charge is -2.06. The molecule has 0 fully saturated rings. The molecule has 0 atom stereocenters. The molecule has 7 heteroatoms. The minimum atomic E-state index is -0.301. The predicted molar refractivity (Wildman–Crippen MR) is 130 cm³/mol. The fourth-order valence-corrected chi connectivity index (χ4v) is 3.29. The molecule has 0 aliphatic rings. The van der Waals surface area contributed by atoms with Crippen molar-refractivity contribution in [2.75, 3.05) is 13.7 Å². The number of carbonyl (C=O) groups excluding carboxylic acids is 2. The zero-order chi connectivity index (χ0) is 23.3. The summed E-state index contributed by atoms with van der Waals surface area (Å²) in [5, 5.41) is 2.52. The zero-order valence-corrected chi connectivity index (χ0v) is 19.6. The molecule has 0 aliphatic heterocycles. The number of aryl methyl sites for hydroxylation is 1. The van der Waals surface area contributed by atoms with E-state index >= 15 is 0 Å². The standard InChI is InChI=1S/C23H22N2O4S.C2H6/c1-16-20(25-23(29-16)18-6-4-3-5-7-18)12-13-28-19-10-8-17(9-11-19)14-21(30-15-26)22(27)24-2;1-2/h3-11,14-15H,12-13H2,1-2H3,(H,24,27);1-2H3/b21-14-;. The van der Waals surface area contributed by atoms with Gasteiger partial charge in [0.25, 0.3) is 5.91 Å². The molecule has 3 aromatic rings. The molecule has 1 aromatic heterocycles. The Hall–Kier alpha value is -3.32. The predicted octanol–water partition coefficient (Wildman–Crippen LogP) is 5.31. The lowest BCUT2D eigenvalue weighted by molar-refractivity contribution is -0.116. The van der Waals surface area contributed by atoms with Crippen LogP contribution < -0.4 is 10.1 Å². The zero-order valence-electron chi connectivity index (χ0n) is 18.8. The van der Waals surface area contributed by atoms with Gasteiger partial charge in [0.2, 0.25) is 5.89 Å². The maximum absolute atomic E-state index is 11.8. The summed E-state index contributed by atoms with van der Waals surface area (Å²) >= 11 is 0.843. The molecular weight excluding hydrogens is 424 g/mol. The topological polar surface area (TPSA) is 81.4 Å². The van der Waals surface area contributed by atoms with Gasteiger partial charge in [-0.15, -0.1) is 0 Å². The summed E-state index contributed by atoms with van der Waals surface area (Å²) in [6.45, 7) is 6.36. The Kier molecular flexibility index (Phi) is 10.3. The van der Waals surface area contributed by atoms with E-state index in [0.717, 1.165) is 34.3 Å². The maximum atomic E-state index is 11.8. The number of aromatic nitrogens is 1. The van der Waals surface area contributed by atoms with Crippen LogP contribution in [-0.4, -0.2) is 30.2 Å². The van der Waals surface area contributed by atoms with Crippen LogP contribution in [0.15, 0.2) is 63.9 Å². The van der Waals surface area contributed by atoms with E-state index < -0.39 is 0 Å². The van der Waals surface area contributed by atoms with Crippen LogP contribution in [0.25, 0.3) is 17.5 Å². The quantitative estimate of drug-likeness (QED) is 0.350. The van der Waals surface area contributed by atoms with Crippen LogP contribution in [0.2, 0.25) is 0 Å². The number of benzene rings is 2. The molecule has 6 nitrogen and oxygen atoms in total. The number of hydrogen-bond acceptors (Lipinski definition) is 6. The number of nitrogens with zero attached hydrogens (tertiary/aromatic N) is 1. The number of amides is 1. The van der Waals surface area contributed by atoms with Crippen molar-refractivity contribution in [1.82, 2.24) is 10.3 Å². The molecule has 0 saturated heterocycles. The molecule has 1 amide bonds. The van der Waals surface area contributed by atoms with Gasteiger partial charge in [0.15, 0.2) is 5.62 Å². The summed E-state index contributed by atoms with van der Waals surface area (Å²) in [7, 11) is 1.53. The van der Waals surface area contributed by atoms with Gasteiger partial charge in [0, 0.05) is 19.0 Å². The van der Waals surface area contributed by atoms with Crippen LogP contribution in [0.5, 0.6) is 5.75 Å². The second kappa shape index (κ2) is 13.2. The smallest absolute Gasteiger partial charge is 0.257 e. The molecule has 32 heavy (non-hydrogen) atoms. The fourth-order valence-electron chi connectivity index (χ4n) is 2.77. The Morgan fingerprint density at radius 3 is 2.44 bits per heavy atom. The van der Waals surface area contributed by atoms with E-state index in [4.69, 9.17) is 9.15 Å². The summed E-state index contributed by atoms with van der Waals surface area (Å²) < 4.78 is 11.6. The Labute approximate surface area is 193 Å². The third-order valence-corrected chi connectivity index (χ3v) is 4.98. The fraction of sp³-hybridized carbons (Fsp3) is 0.240. The van der Waals surface area contributed by atoms with Gasteiger partial charge in [-0.3, -0.25) is 9.59 Å². The van der Waals surface area contributed by atoms with Gasteiger partial charge < -0.3 is 14.5 Å². The van der Waals surface area contributed by atoms with Crippen molar-refractivity contribution in [2.45, 2.75) is 27.2 Å². The number of thioether (sulfide) groups is 1. The van der Waals surface area contributed by atoms with Crippen molar-refractivity contribution in [2.24, 2.45) is 0 Å². The largest absolute Gasteiger partial charge is 0.493 e. The first-order valence-electron chi connectivity index (χ1n) is 10.4. The van der Waals surface area contributed by atoms with Gasteiger partial charge in [-0.2, -0.15) is 0 Å². The number of hydrogen-bond donors (Lipinski definition) is 1. The van der Waals surface area contributed by atoms with Crippen LogP contribution in [0.3, 0.4) is 0 Å². The molecule has 0 radical (unpaired) electrons. The van der Waals surface area contributed by atoms with Gasteiger partial charge in [0.05, 0.1) is 17.2 Å². The first-order chi connectivity index (χ1) is 15.6. The van der Waals surface area contributed by atoms with Crippen molar-refractivity contribution < 1.29 is 18.7 Å². The van der Waals surface area contributed by atoms with Crippen LogP contribution >= 0.6 is 11.8 Å². The van der Waals surface area contributed by atoms with E-state index in [2.05, 4.69) is 10.3 Å². The van der Waals surface area contributed by atoms with Gasteiger partial charge in [-0.1, -0.05) is 44.2 Å². The van der Waals surface area contributed by atoms with Crippen molar-refractivity contribution >= 4 is 29.4 Å². The normalized spacial score (nSPS) is 10.7. The summed E-state index contributed by atoms with van der Waals surface area (Å²) in [5.41, 5.74) is 3.25. The van der Waals surface area contributed by atoms with E-state index in [9.17, 15) is 9.59 Å². The Bertz CT molecular complexity index is 1030. The number of oxazole rings is 1. The molecule has 0 aliphatic carbocycles. The third kappa shape index (κ3) is 7.13. The van der Waals surface area contributed by atoms with Gasteiger partial charge in [-0.25, -0.2) is 4.98 Å². The second-order valence-corrected chi connectivity index (χ2v) is 7.23. The first-order valence-corrected chi connectivity index (χ1v) is 11.3. The first kappa shape index (κ1) is 24.9. The van der Waals surface area contributed by atoms with Crippen molar-refractivity contribution in [3.05, 3.63) is 76.5 Å². The van der Waals surface area contributed by atoms with Gasteiger partial charge >= 0.3 is 0 Å². The number of rotatable bonds is 9. The molecule has 1 heterocycles. The summed E-state index contributed by atoms with van der Waals surface area (Å²) in [6.07, 6.45) is 2.28. The maximum Gasteiger partial charge on any atom is 0.257 e. The van der Waals surface area contributed by atoms with Crippen molar-refractivity contribution in [3.8, 4) is 17.2 Å². The molecule has 0 unspecified atom stereocenters. The van der Waals surface area contributed by atoms with Crippen LogP contribution in [0.1, 0.15) is 30.9 Å². The third-order valence-electron chi connectivity index (χ3n) is 4.32. The average molecular weight is 453 g/mol. The molecule has 168 valence electrons. The molecular formula is C25H28N2O4S. The van der Waals surface area contributed by atoms with E-state index in [-0.39, 0.29) is 5.91 Å². The average Bonchev–Trinajstić information content (AvgIpc) is 3.21. The molecule has 0 bridgehead atoms. The monoisotopic (exact) mass is 452 g/mol. The highest BCUT2D eigenvalue weighted by Gasteiger charge is 2.11.